The molecule has 0 saturated heterocycles. The van der Waals surface area contributed by atoms with Crippen LogP contribution in [0.4, 0.5) is 15.9 Å². The second kappa shape index (κ2) is 4.63. The number of anilines is 2. The van der Waals surface area contributed by atoms with E-state index >= 15 is 0 Å². The highest BCUT2D eigenvalue weighted by Crippen LogP contribution is 2.36. The van der Waals surface area contributed by atoms with Gasteiger partial charge in [-0.25, -0.2) is 19.3 Å². The molecule has 21 heavy (non-hydrogen) atoms. The zero-order valence-corrected chi connectivity index (χ0v) is 11.7. The molecule has 2 aromatic heterocycles. The maximum atomic E-state index is 13.3. The fraction of sp³-hybridized carbons (Fsp3) is 0.133. The van der Waals surface area contributed by atoms with E-state index in [0.29, 0.717) is 16.5 Å². The third-order valence-electron chi connectivity index (χ3n) is 3.62. The van der Waals surface area contributed by atoms with E-state index in [0.717, 1.165) is 29.7 Å². The third-order valence-corrected chi connectivity index (χ3v) is 3.83. The molecule has 1 aromatic carbocycles. The first-order chi connectivity index (χ1) is 10.2. The van der Waals surface area contributed by atoms with Crippen LogP contribution >= 0.6 is 11.6 Å². The standard InChI is InChI=1S/C15H10ClFN4/c16-13-4-2-11-14(20-13)15(19-8-18-11)21-6-5-9-7-10(17)1-3-12(9)21/h1-4,7-8H,5-6H2. The van der Waals surface area contributed by atoms with Crippen molar-refractivity contribution in [2.75, 3.05) is 11.4 Å². The van der Waals surface area contributed by atoms with Crippen molar-refractivity contribution in [3.8, 4) is 0 Å². The van der Waals surface area contributed by atoms with Gasteiger partial charge in [0.05, 0.1) is 5.52 Å². The highest BCUT2D eigenvalue weighted by molar-refractivity contribution is 6.29. The summed E-state index contributed by atoms with van der Waals surface area (Å²) >= 11 is 5.98. The molecule has 0 fully saturated rings. The average molecular weight is 301 g/mol. The zero-order chi connectivity index (χ0) is 14.4. The molecule has 0 radical (unpaired) electrons. The largest absolute Gasteiger partial charge is 0.324 e. The van der Waals surface area contributed by atoms with Gasteiger partial charge >= 0.3 is 0 Å². The van der Waals surface area contributed by atoms with Gasteiger partial charge in [0.25, 0.3) is 0 Å². The highest BCUT2D eigenvalue weighted by Gasteiger charge is 2.24. The van der Waals surface area contributed by atoms with E-state index in [-0.39, 0.29) is 5.82 Å². The SMILES string of the molecule is Fc1ccc2c(c1)CCN2c1ncnc2ccc(Cl)nc12. The fourth-order valence-corrected chi connectivity index (χ4v) is 2.84. The Morgan fingerprint density at radius 3 is 2.95 bits per heavy atom. The predicted octanol–water partition coefficient (Wildman–Crippen LogP) is 3.51. The van der Waals surface area contributed by atoms with Crippen LogP contribution in [-0.4, -0.2) is 21.5 Å². The molecule has 3 heterocycles. The highest BCUT2D eigenvalue weighted by atomic mass is 35.5. The van der Waals surface area contributed by atoms with Crippen molar-refractivity contribution in [1.82, 2.24) is 15.0 Å². The van der Waals surface area contributed by atoms with Gasteiger partial charge in [0, 0.05) is 12.2 Å². The Balaban J connectivity index is 1.91. The molecule has 0 unspecified atom stereocenters. The van der Waals surface area contributed by atoms with Crippen LogP contribution in [0.25, 0.3) is 11.0 Å². The predicted molar refractivity (Wildman–Crippen MR) is 79.5 cm³/mol. The molecular weight excluding hydrogens is 291 g/mol. The summed E-state index contributed by atoms with van der Waals surface area (Å²) in [6.45, 7) is 0.735. The topological polar surface area (TPSA) is 41.9 Å². The van der Waals surface area contributed by atoms with Crippen molar-refractivity contribution in [2.45, 2.75) is 6.42 Å². The lowest BCUT2D eigenvalue weighted by atomic mass is 10.1. The van der Waals surface area contributed by atoms with Crippen LogP contribution < -0.4 is 4.90 Å². The summed E-state index contributed by atoms with van der Waals surface area (Å²) in [7, 11) is 0. The molecule has 0 saturated carbocycles. The number of hydrogen-bond acceptors (Lipinski definition) is 4. The van der Waals surface area contributed by atoms with Gasteiger partial charge in [-0.3, -0.25) is 0 Å². The second-order valence-corrected chi connectivity index (χ2v) is 5.26. The number of hydrogen-bond donors (Lipinski definition) is 0. The number of nitrogens with zero attached hydrogens (tertiary/aromatic N) is 4. The molecule has 0 N–H and O–H groups in total. The van der Waals surface area contributed by atoms with Crippen molar-refractivity contribution >= 4 is 34.1 Å². The van der Waals surface area contributed by atoms with Gasteiger partial charge < -0.3 is 4.90 Å². The molecule has 0 bridgehead atoms. The fourth-order valence-electron chi connectivity index (χ4n) is 2.69. The van der Waals surface area contributed by atoms with Gasteiger partial charge in [-0.1, -0.05) is 11.6 Å². The van der Waals surface area contributed by atoms with Gasteiger partial charge in [-0.05, 0) is 42.3 Å². The van der Waals surface area contributed by atoms with Crippen LogP contribution in [0.5, 0.6) is 0 Å². The summed E-state index contributed by atoms with van der Waals surface area (Å²) in [5, 5.41) is 0.400. The molecule has 0 atom stereocenters. The van der Waals surface area contributed by atoms with Crippen LogP contribution in [0.15, 0.2) is 36.7 Å². The van der Waals surface area contributed by atoms with Crippen molar-refractivity contribution in [3.05, 3.63) is 53.2 Å². The van der Waals surface area contributed by atoms with Crippen LogP contribution in [0.2, 0.25) is 5.15 Å². The van der Waals surface area contributed by atoms with E-state index in [4.69, 9.17) is 11.6 Å². The number of benzene rings is 1. The quantitative estimate of drug-likeness (QED) is 0.645. The Morgan fingerprint density at radius 2 is 2.05 bits per heavy atom. The van der Waals surface area contributed by atoms with Crippen molar-refractivity contribution in [3.63, 3.8) is 0 Å². The molecule has 4 nitrogen and oxygen atoms in total. The van der Waals surface area contributed by atoms with Crippen LogP contribution in [-0.2, 0) is 6.42 Å². The Morgan fingerprint density at radius 1 is 1.14 bits per heavy atom. The molecule has 3 aromatic rings. The molecule has 0 aliphatic carbocycles. The van der Waals surface area contributed by atoms with Gasteiger partial charge in [0.2, 0.25) is 0 Å². The summed E-state index contributed by atoms with van der Waals surface area (Å²) in [5.74, 6) is 0.483. The average Bonchev–Trinajstić information content (AvgIpc) is 2.89. The van der Waals surface area contributed by atoms with Gasteiger partial charge in [0.15, 0.2) is 5.82 Å². The summed E-state index contributed by atoms with van der Waals surface area (Å²) in [6.07, 6.45) is 2.29. The maximum absolute atomic E-state index is 13.3. The lowest BCUT2D eigenvalue weighted by Crippen LogP contribution is -2.15. The minimum absolute atomic E-state index is 0.218. The van der Waals surface area contributed by atoms with Crippen LogP contribution in [0, 0.1) is 5.82 Å². The minimum Gasteiger partial charge on any atom is -0.324 e. The monoisotopic (exact) mass is 300 g/mol. The Labute approximate surface area is 125 Å². The molecule has 1 aliphatic heterocycles. The van der Waals surface area contributed by atoms with Gasteiger partial charge in [-0.15, -0.1) is 0 Å². The van der Waals surface area contributed by atoms with Crippen molar-refractivity contribution in [2.24, 2.45) is 0 Å². The first-order valence-electron chi connectivity index (χ1n) is 6.55. The molecule has 104 valence electrons. The number of halogens is 2. The minimum atomic E-state index is -0.218. The van der Waals surface area contributed by atoms with Crippen LogP contribution in [0.1, 0.15) is 5.56 Å². The van der Waals surface area contributed by atoms with E-state index in [2.05, 4.69) is 15.0 Å². The number of fused-ring (bicyclic) bond motifs is 2. The summed E-state index contributed by atoms with van der Waals surface area (Å²) in [5.41, 5.74) is 3.32. The Hall–Kier alpha value is -2.27. The van der Waals surface area contributed by atoms with E-state index in [1.807, 2.05) is 11.0 Å². The number of aromatic nitrogens is 3. The summed E-state index contributed by atoms with van der Waals surface area (Å²) < 4.78 is 13.3. The third kappa shape index (κ3) is 2.01. The molecule has 4 rings (SSSR count). The lowest BCUT2D eigenvalue weighted by molar-refractivity contribution is 0.626. The van der Waals surface area contributed by atoms with Crippen LogP contribution in [0.3, 0.4) is 0 Å². The zero-order valence-electron chi connectivity index (χ0n) is 10.9. The maximum Gasteiger partial charge on any atom is 0.163 e. The van der Waals surface area contributed by atoms with Gasteiger partial charge in [0.1, 0.15) is 22.8 Å². The summed E-state index contributed by atoms with van der Waals surface area (Å²) in [6, 6.07) is 8.32. The van der Waals surface area contributed by atoms with Crippen molar-refractivity contribution < 1.29 is 4.39 Å². The molecule has 0 spiro atoms. The van der Waals surface area contributed by atoms with E-state index in [9.17, 15) is 4.39 Å². The smallest absolute Gasteiger partial charge is 0.163 e. The number of rotatable bonds is 1. The molecule has 1 aliphatic rings. The lowest BCUT2D eigenvalue weighted by Gasteiger charge is -2.19. The normalized spacial score (nSPS) is 13.7. The number of pyridine rings is 1. The molecule has 6 heteroatoms. The van der Waals surface area contributed by atoms with Gasteiger partial charge in [-0.2, -0.15) is 0 Å². The molecule has 0 amide bonds. The summed E-state index contributed by atoms with van der Waals surface area (Å²) in [4.78, 5) is 14.9. The second-order valence-electron chi connectivity index (χ2n) is 4.87. The first-order valence-corrected chi connectivity index (χ1v) is 6.93. The van der Waals surface area contributed by atoms with E-state index < -0.39 is 0 Å². The Bertz CT molecular complexity index is 852. The Kier molecular flexibility index (Phi) is 2.75. The first kappa shape index (κ1) is 12.5. The van der Waals surface area contributed by atoms with E-state index in [1.54, 1.807) is 18.2 Å². The molecular formula is C15H10ClFN4. The van der Waals surface area contributed by atoms with E-state index in [1.165, 1.54) is 12.4 Å². The van der Waals surface area contributed by atoms with Crippen molar-refractivity contribution in [1.29, 1.82) is 0 Å².